The lowest BCUT2D eigenvalue weighted by molar-refractivity contribution is -0.128. The minimum Gasteiger partial charge on any atom is -0.347 e. The molecular formula is C8H11Cl2N3O. The number of carbonyl (C=O) groups excluding carboxylic acids is 1. The first-order valence-corrected chi connectivity index (χ1v) is 4.79. The van der Waals surface area contributed by atoms with Gasteiger partial charge in [0.05, 0.1) is 6.20 Å². The lowest BCUT2D eigenvalue weighted by Crippen LogP contribution is -2.27. The molecule has 4 nitrogen and oxygen atoms in total. The molecule has 0 fully saturated rings. The molecule has 0 saturated heterocycles. The topological polar surface area (TPSA) is 38.1 Å². The quantitative estimate of drug-likeness (QED) is 0.728. The summed E-state index contributed by atoms with van der Waals surface area (Å²) in [5, 5.41) is -0.334. The average molecular weight is 236 g/mol. The molecule has 1 atom stereocenters. The van der Waals surface area contributed by atoms with E-state index in [9.17, 15) is 4.79 Å². The van der Waals surface area contributed by atoms with E-state index < -0.39 is 5.38 Å². The van der Waals surface area contributed by atoms with Crippen LogP contribution >= 0.6 is 23.2 Å². The maximum absolute atomic E-state index is 11.5. The predicted molar refractivity (Wildman–Crippen MR) is 55.5 cm³/mol. The van der Waals surface area contributed by atoms with Crippen LogP contribution in [0.3, 0.4) is 0 Å². The van der Waals surface area contributed by atoms with Crippen LogP contribution in [0.2, 0.25) is 5.15 Å². The van der Waals surface area contributed by atoms with Crippen LogP contribution in [0.5, 0.6) is 0 Å². The Hall–Kier alpha value is -0.740. The van der Waals surface area contributed by atoms with Gasteiger partial charge in [0, 0.05) is 21.1 Å². The zero-order valence-electron chi connectivity index (χ0n) is 8.16. The number of hydrogen-bond acceptors (Lipinski definition) is 2. The molecule has 0 saturated carbocycles. The molecule has 0 aliphatic rings. The van der Waals surface area contributed by atoms with Crippen molar-refractivity contribution < 1.29 is 4.79 Å². The van der Waals surface area contributed by atoms with Crippen LogP contribution in [0.4, 0.5) is 0 Å². The minimum atomic E-state index is -0.789. The van der Waals surface area contributed by atoms with Gasteiger partial charge in [-0.05, 0) is 0 Å². The lowest BCUT2D eigenvalue weighted by Gasteiger charge is -2.14. The van der Waals surface area contributed by atoms with Crippen molar-refractivity contribution in [1.29, 1.82) is 0 Å². The van der Waals surface area contributed by atoms with Gasteiger partial charge in [0.2, 0.25) is 5.91 Å². The molecule has 0 N–H and O–H groups in total. The van der Waals surface area contributed by atoms with Crippen molar-refractivity contribution in [2.45, 2.75) is 5.38 Å². The first-order valence-electron chi connectivity index (χ1n) is 3.97. The van der Waals surface area contributed by atoms with Crippen LogP contribution < -0.4 is 0 Å². The van der Waals surface area contributed by atoms with Gasteiger partial charge in [0.1, 0.15) is 11.0 Å². The summed E-state index contributed by atoms with van der Waals surface area (Å²) in [5.41, 5.74) is 0. The second-order valence-corrected chi connectivity index (χ2v) is 3.92. The Balaban J connectivity index is 2.95. The molecule has 1 heterocycles. The maximum Gasteiger partial charge on any atom is 0.247 e. The molecule has 1 unspecified atom stereocenters. The van der Waals surface area contributed by atoms with Crippen molar-refractivity contribution in [3.8, 4) is 0 Å². The van der Waals surface area contributed by atoms with Crippen molar-refractivity contribution in [1.82, 2.24) is 14.5 Å². The van der Waals surface area contributed by atoms with Gasteiger partial charge in [-0.3, -0.25) is 4.79 Å². The highest BCUT2D eigenvalue weighted by Crippen LogP contribution is 2.23. The Bertz CT molecular complexity index is 348. The first kappa shape index (κ1) is 11.3. The van der Waals surface area contributed by atoms with Gasteiger partial charge in [-0.1, -0.05) is 11.6 Å². The van der Waals surface area contributed by atoms with Gasteiger partial charge in [-0.25, -0.2) is 4.98 Å². The molecule has 1 aromatic rings. The van der Waals surface area contributed by atoms with Crippen molar-refractivity contribution >= 4 is 29.1 Å². The molecule has 6 heteroatoms. The summed E-state index contributed by atoms with van der Waals surface area (Å²) in [6.45, 7) is 0. The summed E-state index contributed by atoms with van der Waals surface area (Å²) in [6.07, 6.45) is 1.47. The van der Waals surface area contributed by atoms with Gasteiger partial charge >= 0.3 is 0 Å². The Morgan fingerprint density at radius 1 is 1.64 bits per heavy atom. The molecule has 14 heavy (non-hydrogen) atoms. The number of rotatable bonds is 2. The van der Waals surface area contributed by atoms with Crippen molar-refractivity contribution in [3.63, 3.8) is 0 Å². The normalized spacial score (nSPS) is 12.6. The van der Waals surface area contributed by atoms with E-state index in [1.165, 1.54) is 11.1 Å². The molecule has 1 aromatic heterocycles. The van der Waals surface area contributed by atoms with Crippen molar-refractivity contribution in [2.24, 2.45) is 7.05 Å². The summed E-state index contributed by atoms with van der Waals surface area (Å²) in [6, 6.07) is 0. The first-order chi connectivity index (χ1) is 6.45. The number of halogens is 2. The molecule has 1 rings (SSSR count). The summed E-state index contributed by atoms with van der Waals surface area (Å²) in [5.74, 6) is 0.243. The number of alkyl halides is 1. The number of imidazole rings is 1. The molecule has 0 aromatic carbocycles. The third-order valence-electron chi connectivity index (χ3n) is 1.85. The number of hydrogen-bond donors (Lipinski definition) is 0. The third-order valence-corrected chi connectivity index (χ3v) is 2.58. The van der Waals surface area contributed by atoms with E-state index in [-0.39, 0.29) is 5.91 Å². The fourth-order valence-electron chi connectivity index (χ4n) is 0.975. The highest BCUT2D eigenvalue weighted by molar-refractivity contribution is 6.31. The van der Waals surface area contributed by atoms with Crippen LogP contribution in [0, 0.1) is 0 Å². The number of amides is 1. The summed E-state index contributed by atoms with van der Waals surface area (Å²) in [4.78, 5) is 16.9. The van der Waals surface area contributed by atoms with E-state index in [4.69, 9.17) is 23.2 Å². The number of nitrogens with zero attached hydrogens (tertiary/aromatic N) is 3. The largest absolute Gasteiger partial charge is 0.347 e. The third kappa shape index (κ3) is 2.01. The lowest BCUT2D eigenvalue weighted by atomic mass is 10.3. The summed E-state index contributed by atoms with van der Waals surface area (Å²) in [7, 11) is 4.99. The molecule has 0 aliphatic carbocycles. The SMILES string of the molecule is CN(C)C(=O)C(Cl)c1ncc(Cl)n1C. The predicted octanol–water partition coefficient (Wildman–Crippen LogP) is 1.44. The Morgan fingerprint density at radius 3 is 2.57 bits per heavy atom. The van der Waals surface area contributed by atoms with Gasteiger partial charge in [-0.15, -0.1) is 11.6 Å². The van der Waals surface area contributed by atoms with Crippen LogP contribution in [-0.2, 0) is 11.8 Å². The molecule has 0 aliphatic heterocycles. The zero-order chi connectivity index (χ0) is 10.9. The average Bonchev–Trinajstić information content (AvgIpc) is 2.45. The van der Waals surface area contributed by atoms with Gasteiger partial charge < -0.3 is 9.47 Å². The fourth-order valence-corrected chi connectivity index (χ4v) is 1.51. The highest BCUT2D eigenvalue weighted by Gasteiger charge is 2.24. The molecule has 0 spiro atoms. The second-order valence-electron chi connectivity index (χ2n) is 3.09. The maximum atomic E-state index is 11.5. The minimum absolute atomic E-state index is 0.211. The molecule has 0 radical (unpaired) electrons. The molecular weight excluding hydrogens is 225 g/mol. The fraction of sp³-hybridized carbons (Fsp3) is 0.500. The summed E-state index contributed by atoms with van der Waals surface area (Å²) >= 11 is 11.7. The van der Waals surface area contributed by atoms with Gasteiger partial charge in [0.15, 0.2) is 5.38 Å². The molecule has 1 amide bonds. The van der Waals surface area contributed by atoms with Gasteiger partial charge in [0.25, 0.3) is 0 Å². The van der Waals surface area contributed by atoms with Crippen LogP contribution in [0.1, 0.15) is 11.2 Å². The number of carbonyl (C=O) groups is 1. The van der Waals surface area contributed by atoms with E-state index >= 15 is 0 Å². The van der Waals surface area contributed by atoms with Crippen LogP contribution in [0.25, 0.3) is 0 Å². The van der Waals surface area contributed by atoms with Crippen LogP contribution in [0.15, 0.2) is 6.20 Å². The van der Waals surface area contributed by atoms with E-state index in [0.717, 1.165) is 0 Å². The molecule has 78 valence electrons. The van der Waals surface area contributed by atoms with Crippen molar-refractivity contribution in [2.75, 3.05) is 14.1 Å². The number of aromatic nitrogens is 2. The van der Waals surface area contributed by atoms with E-state index in [1.807, 2.05) is 0 Å². The standard InChI is InChI=1S/C8H11Cl2N3O/c1-12(2)8(14)6(10)7-11-4-5(9)13(7)3/h4,6H,1-3H3. The zero-order valence-corrected chi connectivity index (χ0v) is 9.67. The molecule has 0 bridgehead atoms. The Kier molecular flexibility index (Phi) is 3.39. The van der Waals surface area contributed by atoms with E-state index in [1.54, 1.807) is 25.7 Å². The second kappa shape index (κ2) is 4.19. The van der Waals surface area contributed by atoms with E-state index in [2.05, 4.69) is 4.98 Å². The highest BCUT2D eigenvalue weighted by atomic mass is 35.5. The van der Waals surface area contributed by atoms with E-state index in [0.29, 0.717) is 11.0 Å². The summed E-state index contributed by atoms with van der Waals surface area (Å²) < 4.78 is 1.58. The number of likely N-dealkylation sites (N-methyl/N-ethyl adjacent to an activating group) is 1. The Labute approximate surface area is 92.4 Å². The monoisotopic (exact) mass is 235 g/mol. The Morgan fingerprint density at radius 2 is 2.21 bits per heavy atom. The van der Waals surface area contributed by atoms with Crippen LogP contribution in [-0.4, -0.2) is 34.5 Å². The van der Waals surface area contributed by atoms with Crippen molar-refractivity contribution in [3.05, 3.63) is 17.2 Å². The van der Waals surface area contributed by atoms with Gasteiger partial charge in [-0.2, -0.15) is 0 Å². The smallest absolute Gasteiger partial charge is 0.247 e.